The smallest absolute Gasteiger partial charge is 0.306 e. The second kappa shape index (κ2) is 6.75. The lowest BCUT2D eigenvalue weighted by molar-refractivity contribution is -0.141. The summed E-state index contributed by atoms with van der Waals surface area (Å²) in [7, 11) is 1.43. The minimum atomic E-state index is -0.158. The van der Waals surface area contributed by atoms with E-state index in [1.807, 2.05) is 0 Å². The third-order valence-corrected chi connectivity index (χ3v) is 3.73. The number of ether oxygens (including phenoxy) is 2. The van der Waals surface area contributed by atoms with Crippen LogP contribution in [0, 0.1) is 6.92 Å². The first-order valence-electron chi connectivity index (χ1n) is 7.17. The number of carbonyl (C=O) groups is 1. The highest BCUT2D eigenvalue weighted by molar-refractivity contribution is 5.69. The second-order valence-corrected chi connectivity index (χ2v) is 5.27. The van der Waals surface area contributed by atoms with E-state index < -0.39 is 0 Å². The van der Waals surface area contributed by atoms with Gasteiger partial charge in [0.15, 0.2) is 0 Å². The number of benzene rings is 1. The number of hydrogen-bond acceptors (Lipinski definition) is 4. The molecule has 0 aromatic heterocycles. The Labute approximate surface area is 120 Å². The summed E-state index contributed by atoms with van der Waals surface area (Å²) in [6.45, 7) is 6.68. The lowest BCUT2D eigenvalue weighted by Crippen LogP contribution is -2.36. The summed E-state index contributed by atoms with van der Waals surface area (Å²) in [6, 6.07) is 6.32. The Kier molecular flexibility index (Phi) is 5.01. The number of carbonyl (C=O) groups excluding carboxylic acids is 1. The van der Waals surface area contributed by atoms with Gasteiger partial charge in [-0.1, -0.05) is 24.6 Å². The van der Waals surface area contributed by atoms with Crippen LogP contribution in [0.25, 0.3) is 0 Å². The Balaban J connectivity index is 1.86. The summed E-state index contributed by atoms with van der Waals surface area (Å²) in [6.07, 6.45) is 1.57. The van der Waals surface area contributed by atoms with Gasteiger partial charge in [0.25, 0.3) is 0 Å². The first-order chi connectivity index (χ1) is 9.62. The van der Waals surface area contributed by atoms with Crippen LogP contribution in [-0.4, -0.2) is 43.7 Å². The molecular weight excluding hydrogens is 254 g/mol. The Morgan fingerprint density at radius 3 is 3.00 bits per heavy atom. The van der Waals surface area contributed by atoms with Crippen molar-refractivity contribution in [1.29, 1.82) is 0 Å². The maximum atomic E-state index is 11.2. The van der Waals surface area contributed by atoms with Crippen molar-refractivity contribution in [2.45, 2.75) is 32.8 Å². The van der Waals surface area contributed by atoms with E-state index in [0.29, 0.717) is 6.42 Å². The van der Waals surface area contributed by atoms with Crippen LogP contribution >= 0.6 is 0 Å². The number of hydrogen-bond donors (Lipinski definition) is 0. The maximum absolute atomic E-state index is 11.2. The summed E-state index contributed by atoms with van der Waals surface area (Å²) in [4.78, 5) is 13.4. The van der Waals surface area contributed by atoms with Gasteiger partial charge in [-0.3, -0.25) is 9.69 Å². The van der Waals surface area contributed by atoms with E-state index in [9.17, 15) is 4.79 Å². The van der Waals surface area contributed by atoms with E-state index >= 15 is 0 Å². The largest absolute Gasteiger partial charge is 0.488 e. The predicted molar refractivity (Wildman–Crippen MR) is 78.0 cm³/mol. The molecule has 110 valence electrons. The summed E-state index contributed by atoms with van der Waals surface area (Å²) in [5.74, 6) is 0.847. The molecule has 0 saturated heterocycles. The first-order valence-corrected chi connectivity index (χ1v) is 7.17. The van der Waals surface area contributed by atoms with Crippen molar-refractivity contribution < 1.29 is 14.3 Å². The topological polar surface area (TPSA) is 38.8 Å². The summed E-state index contributed by atoms with van der Waals surface area (Å²) in [5.41, 5.74) is 2.56. The standard InChI is InChI=1S/C16H23NO3/c1-4-17(8-7-16(18)19-3)11-14-10-13-9-12(2)5-6-15(13)20-14/h5-6,9,14H,4,7-8,10-11H2,1-3H3. The van der Waals surface area contributed by atoms with E-state index in [0.717, 1.165) is 31.8 Å². The van der Waals surface area contributed by atoms with Crippen LogP contribution in [0.5, 0.6) is 5.75 Å². The Hall–Kier alpha value is -1.55. The van der Waals surface area contributed by atoms with E-state index in [2.05, 4.69) is 41.7 Å². The lowest BCUT2D eigenvalue weighted by atomic mass is 10.1. The van der Waals surface area contributed by atoms with Gasteiger partial charge in [-0.25, -0.2) is 0 Å². The highest BCUT2D eigenvalue weighted by Gasteiger charge is 2.24. The van der Waals surface area contributed by atoms with Gasteiger partial charge in [-0.2, -0.15) is 0 Å². The maximum Gasteiger partial charge on any atom is 0.306 e. The van der Waals surface area contributed by atoms with E-state index in [-0.39, 0.29) is 12.1 Å². The van der Waals surface area contributed by atoms with Crippen molar-refractivity contribution in [3.8, 4) is 5.75 Å². The number of nitrogens with zero attached hydrogens (tertiary/aromatic N) is 1. The highest BCUT2D eigenvalue weighted by Crippen LogP contribution is 2.29. The Bertz CT molecular complexity index is 473. The molecule has 20 heavy (non-hydrogen) atoms. The average molecular weight is 277 g/mol. The van der Waals surface area contributed by atoms with Gasteiger partial charge in [0.05, 0.1) is 13.5 Å². The Morgan fingerprint density at radius 1 is 1.50 bits per heavy atom. The van der Waals surface area contributed by atoms with Crippen molar-refractivity contribution in [2.75, 3.05) is 26.7 Å². The molecule has 4 heteroatoms. The quantitative estimate of drug-likeness (QED) is 0.747. The molecule has 0 bridgehead atoms. The number of aryl methyl sites for hydroxylation is 1. The van der Waals surface area contributed by atoms with Gasteiger partial charge in [0, 0.05) is 19.5 Å². The molecule has 0 fully saturated rings. The molecule has 0 amide bonds. The molecular formula is C16H23NO3. The molecule has 0 radical (unpaired) electrons. The molecule has 1 aliphatic rings. The monoisotopic (exact) mass is 277 g/mol. The molecule has 1 atom stereocenters. The number of esters is 1. The number of likely N-dealkylation sites (N-methyl/N-ethyl adjacent to an activating group) is 1. The molecule has 0 N–H and O–H groups in total. The third kappa shape index (κ3) is 3.73. The summed E-state index contributed by atoms with van der Waals surface area (Å²) in [5, 5.41) is 0. The van der Waals surface area contributed by atoms with Crippen molar-refractivity contribution in [1.82, 2.24) is 4.90 Å². The zero-order valence-electron chi connectivity index (χ0n) is 12.5. The zero-order chi connectivity index (χ0) is 14.5. The first kappa shape index (κ1) is 14.9. The molecule has 1 aromatic rings. The summed E-state index contributed by atoms with van der Waals surface area (Å²) < 4.78 is 10.7. The van der Waals surface area contributed by atoms with E-state index in [1.165, 1.54) is 18.2 Å². The van der Waals surface area contributed by atoms with Gasteiger partial charge in [0.2, 0.25) is 0 Å². The molecule has 4 nitrogen and oxygen atoms in total. The van der Waals surface area contributed by atoms with Crippen LogP contribution < -0.4 is 4.74 Å². The number of methoxy groups -OCH3 is 1. The van der Waals surface area contributed by atoms with Gasteiger partial charge in [-0.15, -0.1) is 0 Å². The number of fused-ring (bicyclic) bond motifs is 1. The van der Waals surface area contributed by atoms with Gasteiger partial charge in [0.1, 0.15) is 11.9 Å². The van der Waals surface area contributed by atoms with Crippen molar-refractivity contribution in [2.24, 2.45) is 0 Å². The van der Waals surface area contributed by atoms with Crippen molar-refractivity contribution >= 4 is 5.97 Å². The third-order valence-electron chi connectivity index (χ3n) is 3.73. The van der Waals surface area contributed by atoms with Crippen molar-refractivity contribution in [3.63, 3.8) is 0 Å². The normalized spacial score (nSPS) is 16.9. The van der Waals surface area contributed by atoms with Gasteiger partial charge < -0.3 is 9.47 Å². The van der Waals surface area contributed by atoms with Crippen LogP contribution in [0.15, 0.2) is 18.2 Å². The molecule has 0 spiro atoms. The van der Waals surface area contributed by atoms with Crippen LogP contribution in [0.2, 0.25) is 0 Å². The predicted octanol–water partition coefficient (Wildman–Crippen LogP) is 2.18. The van der Waals surface area contributed by atoms with Crippen LogP contribution in [0.1, 0.15) is 24.5 Å². The van der Waals surface area contributed by atoms with Crippen molar-refractivity contribution in [3.05, 3.63) is 29.3 Å². The molecule has 1 aliphatic heterocycles. The van der Waals surface area contributed by atoms with E-state index in [4.69, 9.17) is 4.74 Å². The number of rotatable bonds is 6. The zero-order valence-corrected chi connectivity index (χ0v) is 12.5. The fourth-order valence-corrected chi connectivity index (χ4v) is 2.57. The van der Waals surface area contributed by atoms with Crippen LogP contribution in [-0.2, 0) is 16.0 Å². The molecule has 0 saturated carbocycles. The SMILES string of the molecule is CCN(CCC(=O)OC)CC1Cc2cc(C)ccc2O1. The van der Waals surface area contributed by atoms with Gasteiger partial charge in [-0.05, 0) is 25.1 Å². The lowest BCUT2D eigenvalue weighted by Gasteiger charge is -2.23. The molecule has 1 unspecified atom stereocenters. The molecule has 1 heterocycles. The fourth-order valence-electron chi connectivity index (χ4n) is 2.57. The highest BCUT2D eigenvalue weighted by atomic mass is 16.5. The second-order valence-electron chi connectivity index (χ2n) is 5.27. The minimum absolute atomic E-state index is 0.158. The Morgan fingerprint density at radius 2 is 2.30 bits per heavy atom. The fraction of sp³-hybridized carbons (Fsp3) is 0.562. The molecule has 0 aliphatic carbocycles. The van der Waals surface area contributed by atoms with Crippen LogP contribution in [0.3, 0.4) is 0 Å². The van der Waals surface area contributed by atoms with E-state index in [1.54, 1.807) is 0 Å². The van der Waals surface area contributed by atoms with Gasteiger partial charge >= 0.3 is 5.97 Å². The molecule has 1 aromatic carbocycles. The van der Waals surface area contributed by atoms with Crippen LogP contribution in [0.4, 0.5) is 0 Å². The average Bonchev–Trinajstić information content (AvgIpc) is 2.84. The molecule has 2 rings (SSSR count). The summed E-state index contributed by atoms with van der Waals surface area (Å²) >= 11 is 0. The minimum Gasteiger partial charge on any atom is -0.488 e.